The average molecular weight is 298 g/mol. The third kappa shape index (κ3) is 3.23. The van der Waals surface area contributed by atoms with E-state index in [0.717, 1.165) is 38.4 Å². The van der Waals surface area contributed by atoms with E-state index in [1.54, 1.807) is 0 Å². The Hall–Kier alpha value is -1.65. The van der Waals surface area contributed by atoms with Crippen molar-refractivity contribution in [2.75, 3.05) is 20.6 Å². The molecule has 0 N–H and O–H groups in total. The summed E-state index contributed by atoms with van der Waals surface area (Å²) in [5, 5.41) is 0. The molecule has 1 atom stereocenters. The van der Waals surface area contributed by atoms with E-state index in [1.807, 2.05) is 6.20 Å². The molecule has 4 heteroatoms. The molecule has 1 aromatic heterocycles. The molecule has 22 heavy (non-hydrogen) atoms. The molecule has 0 aliphatic carbocycles. The van der Waals surface area contributed by atoms with E-state index >= 15 is 0 Å². The number of hydrogen-bond donors (Lipinski definition) is 0. The molecule has 0 bridgehead atoms. The van der Waals surface area contributed by atoms with Gasteiger partial charge in [-0.3, -0.25) is 9.80 Å². The van der Waals surface area contributed by atoms with E-state index in [4.69, 9.17) is 0 Å². The number of hydrogen-bond acceptors (Lipinski definition) is 3. The van der Waals surface area contributed by atoms with Crippen molar-refractivity contribution < 1.29 is 0 Å². The minimum absolute atomic E-state index is 0.574. The van der Waals surface area contributed by atoms with Crippen molar-refractivity contribution in [3.05, 3.63) is 53.6 Å². The second-order valence-electron chi connectivity index (χ2n) is 6.37. The zero-order valence-corrected chi connectivity index (χ0v) is 13.9. The van der Waals surface area contributed by atoms with Crippen LogP contribution in [-0.2, 0) is 26.1 Å². The molecule has 2 heterocycles. The highest BCUT2D eigenvalue weighted by Gasteiger charge is 2.24. The van der Waals surface area contributed by atoms with Crippen LogP contribution in [0.3, 0.4) is 0 Å². The second-order valence-corrected chi connectivity index (χ2v) is 6.37. The van der Waals surface area contributed by atoms with Crippen LogP contribution in [-0.4, -0.2) is 46.0 Å². The Morgan fingerprint density at radius 3 is 2.82 bits per heavy atom. The lowest BCUT2D eigenvalue weighted by Crippen LogP contribution is -2.44. The molecule has 0 amide bonds. The lowest BCUT2D eigenvalue weighted by Gasteiger charge is -2.36. The lowest BCUT2D eigenvalue weighted by molar-refractivity contribution is 0.156. The topological polar surface area (TPSA) is 24.3 Å². The summed E-state index contributed by atoms with van der Waals surface area (Å²) in [6.45, 7) is 6.18. The van der Waals surface area contributed by atoms with E-state index in [2.05, 4.69) is 70.8 Å². The SMILES string of the molecule is CCn1ccnc1CN(C)C[C@@H]1Cc2ccccc2CN1C. The first-order valence-electron chi connectivity index (χ1n) is 8.13. The third-order valence-electron chi connectivity index (χ3n) is 4.69. The number of aromatic nitrogens is 2. The van der Waals surface area contributed by atoms with E-state index in [-0.39, 0.29) is 0 Å². The molecule has 1 aliphatic rings. The quantitative estimate of drug-likeness (QED) is 0.847. The molecular weight excluding hydrogens is 272 g/mol. The van der Waals surface area contributed by atoms with Gasteiger partial charge in [-0.15, -0.1) is 0 Å². The predicted molar refractivity (Wildman–Crippen MR) is 89.6 cm³/mol. The molecular formula is C18H26N4. The van der Waals surface area contributed by atoms with Gasteiger partial charge >= 0.3 is 0 Å². The van der Waals surface area contributed by atoms with Gasteiger partial charge in [0.15, 0.2) is 0 Å². The fraction of sp³-hybridized carbons (Fsp3) is 0.500. The van der Waals surface area contributed by atoms with Crippen LogP contribution in [0.25, 0.3) is 0 Å². The minimum Gasteiger partial charge on any atom is -0.334 e. The summed E-state index contributed by atoms with van der Waals surface area (Å²) in [6, 6.07) is 9.40. The molecule has 0 unspecified atom stereocenters. The Balaban J connectivity index is 1.63. The third-order valence-corrected chi connectivity index (χ3v) is 4.69. The molecule has 0 spiro atoms. The molecule has 1 aromatic carbocycles. The van der Waals surface area contributed by atoms with E-state index in [9.17, 15) is 0 Å². The van der Waals surface area contributed by atoms with Gasteiger partial charge in [0.2, 0.25) is 0 Å². The van der Waals surface area contributed by atoms with Crippen LogP contribution >= 0.6 is 0 Å². The molecule has 3 rings (SSSR count). The van der Waals surface area contributed by atoms with Crippen molar-refractivity contribution in [2.45, 2.75) is 39.0 Å². The molecule has 4 nitrogen and oxygen atoms in total. The van der Waals surface area contributed by atoms with Crippen molar-refractivity contribution in [3.8, 4) is 0 Å². The largest absolute Gasteiger partial charge is 0.334 e. The Labute approximate surface area is 133 Å². The second kappa shape index (κ2) is 6.63. The smallest absolute Gasteiger partial charge is 0.122 e. The van der Waals surface area contributed by atoms with E-state index in [0.29, 0.717) is 6.04 Å². The summed E-state index contributed by atoms with van der Waals surface area (Å²) in [5.74, 6) is 1.16. The first kappa shape index (κ1) is 15.3. The number of fused-ring (bicyclic) bond motifs is 1. The van der Waals surface area contributed by atoms with Crippen LogP contribution in [0.5, 0.6) is 0 Å². The fourth-order valence-corrected chi connectivity index (χ4v) is 3.37. The number of nitrogens with zero attached hydrogens (tertiary/aromatic N) is 4. The number of imidazole rings is 1. The monoisotopic (exact) mass is 298 g/mol. The molecule has 0 saturated carbocycles. The van der Waals surface area contributed by atoms with Gasteiger partial charge in [-0.1, -0.05) is 24.3 Å². The van der Waals surface area contributed by atoms with Crippen LogP contribution < -0.4 is 0 Å². The number of likely N-dealkylation sites (N-methyl/N-ethyl adjacent to an activating group) is 2. The van der Waals surface area contributed by atoms with Gasteiger partial charge in [0.05, 0.1) is 6.54 Å². The first-order valence-corrected chi connectivity index (χ1v) is 8.13. The van der Waals surface area contributed by atoms with Crippen LogP contribution in [0.2, 0.25) is 0 Å². The van der Waals surface area contributed by atoms with Gasteiger partial charge in [0, 0.05) is 38.1 Å². The van der Waals surface area contributed by atoms with Crippen molar-refractivity contribution in [3.63, 3.8) is 0 Å². The Morgan fingerprint density at radius 2 is 2.05 bits per heavy atom. The zero-order valence-electron chi connectivity index (χ0n) is 13.9. The van der Waals surface area contributed by atoms with E-state index in [1.165, 1.54) is 11.1 Å². The van der Waals surface area contributed by atoms with Gasteiger partial charge in [-0.05, 0) is 38.6 Å². The average Bonchev–Trinajstić information content (AvgIpc) is 2.95. The maximum Gasteiger partial charge on any atom is 0.122 e. The molecule has 118 valence electrons. The van der Waals surface area contributed by atoms with Gasteiger partial charge in [0.1, 0.15) is 5.82 Å². The standard InChI is InChI=1S/C18H26N4/c1-4-22-10-9-19-18(22)14-20(2)13-17-11-15-7-5-6-8-16(15)12-21(17)3/h5-10,17H,4,11-14H2,1-3H3/t17-/m0/s1. The molecule has 2 aromatic rings. The van der Waals surface area contributed by atoms with Gasteiger partial charge in [-0.25, -0.2) is 4.98 Å². The summed E-state index contributed by atoms with van der Waals surface area (Å²) >= 11 is 0. The Morgan fingerprint density at radius 1 is 1.27 bits per heavy atom. The van der Waals surface area contributed by atoms with Crippen LogP contribution in [0.15, 0.2) is 36.7 Å². The highest BCUT2D eigenvalue weighted by Crippen LogP contribution is 2.22. The molecule has 1 aliphatic heterocycles. The fourth-order valence-electron chi connectivity index (χ4n) is 3.37. The van der Waals surface area contributed by atoms with Crippen LogP contribution in [0.1, 0.15) is 23.9 Å². The Kier molecular flexibility index (Phi) is 4.60. The normalized spacial score (nSPS) is 18.6. The van der Waals surface area contributed by atoms with Gasteiger partial charge in [0.25, 0.3) is 0 Å². The van der Waals surface area contributed by atoms with Crippen molar-refractivity contribution in [1.82, 2.24) is 19.4 Å². The summed E-state index contributed by atoms with van der Waals surface area (Å²) in [5.41, 5.74) is 2.99. The van der Waals surface area contributed by atoms with E-state index < -0.39 is 0 Å². The maximum atomic E-state index is 4.48. The first-order chi connectivity index (χ1) is 10.7. The van der Waals surface area contributed by atoms with Gasteiger partial charge < -0.3 is 4.57 Å². The highest BCUT2D eigenvalue weighted by atomic mass is 15.2. The number of aryl methyl sites for hydroxylation is 1. The minimum atomic E-state index is 0.574. The molecule has 0 radical (unpaired) electrons. The van der Waals surface area contributed by atoms with Gasteiger partial charge in [-0.2, -0.15) is 0 Å². The van der Waals surface area contributed by atoms with Crippen molar-refractivity contribution in [1.29, 1.82) is 0 Å². The summed E-state index contributed by atoms with van der Waals surface area (Å²) in [4.78, 5) is 9.35. The number of rotatable bonds is 5. The number of benzene rings is 1. The molecule has 0 saturated heterocycles. The molecule has 0 fully saturated rings. The summed E-state index contributed by atoms with van der Waals surface area (Å²) < 4.78 is 2.22. The van der Waals surface area contributed by atoms with Crippen LogP contribution in [0, 0.1) is 0 Å². The Bertz CT molecular complexity index is 619. The maximum absolute atomic E-state index is 4.48. The predicted octanol–water partition coefficient (Wildman–Crippen LogP) is 2.39. The van der Waals surface area contributed by atoms with Crippen LogP contribution in [0.4, 0.5) is 0 Å². The summed E-state index contributed by atoms with van der Waals surface area (Å²) in [7, 11) is 4.43. The van der Waals surface area contributed by atoms with Crippen molar-refractivity contribution >= 4 is 0 Å². The lowest BCUT2D eigenvalue weighted by atomic mass is 9.94. The summed E-state index contributed by atoms with van der Waals surface area (Å²) in [6.07, 6.45) is 5.10. The highest BCUT2D eigenvalue weighted by molar-refractivity contribution is 5.30. The zero-order chi connectivity index (χ0) is 15.5. The van der Waals surface area contributed by atoms with Crippen molar-refractivity contribution in [2.24, 2.45) is 0 Å².